The van der Waals surface area contributed by atoms with Gasteiger partial charge >= 0.3 is 5.97 Å². The van der Waals surface area contributed by atoms with Crippen LogP contribution < -0.4 is 5.32 Å². The van der Waals surface area contributed by atoms with Crippen LogP contribution in [0.2, 0.25) is 0 Å². The van der Waals surface area contributed by atoms with Gasteiger partial charge < -0.3 is 10.1 Å². The quantitative estimate of drug-likeness (QED) is 0.621. The molecule has 0 spiro atoms. The summed E-state index contributed by atoms with van der Waals surface area (Å²) in [6.45, 7) is 0.0747. The van der Waals surface area contributed by atoms with E-state index >= 15 is 0 Å². The molecule has 84 valence electrons. The molecule has 16 heavy (non-hydrogen) atoms. The molecule has 0 amide bonds. The van der Waals surface area contributed by atoms with Crippen molar-refractivity contribution in [2.24, 2.45) is 0 Å². The molecule has 0 aliphatic carbocycles. The third kappa shape index (κ3) is 4.15. The summed E-state index contributed by atoms with van der Waals surface area (Å²) in [5, 5.41) is 15.6. The zero-order valence-electron chi connectivity index (χ0n) is 8.90. The first-order valence-electron chi connectivity index (χ1n) is 4.66. The minimum Gasteiger partial charge on any atom is -0.468 e. The van der Waals surface area contributed by atoms with Gasteiger partial charge in [-0.25, -0.2) is 0 Å². The fourth-order valence-corrected chi connectivity index (χ4v) is 1.73. The van der Waals surface area contributed by atoms with Gasteiger partial charge in [-0.1, -0.05) is 0 Å². The van der Waals surface area contributed by atoms with Gasteiger partial charge in [0.15, 0.2) is 0 Å². The van der Waals surface area contributed by atoms with Crippen molar-refractivity contribution in [1.29, 1.82) is 5.26 Å². The lowest BCUT2D eigenvalue weighted by Crippen LogP contribution is -2.19. The molecule has 0 unspecified atom stereocenters. The Morgan fingerprint density at radius 3 is 3.12 bits per heavy atom. The number of rotatable bonds is 5. The molecule has 0 aliphatic heterocycles. The fourth-order valence-electron chi connectivity index (χ4n) is 1.07. The third-order valence-electron chi connectivity index (χ3n) is 1.87. The van der Waals surface area contributed by atoms with Crippen molar-refractivity contribution in [2.45, 2.75) is 6.42 Å². The number of allylic oxidation sites excluding steroid dienone is 1. The molecular weight excluding hydrogens is 224 g/mol. The van der Waals surface area contributed by atoms with Crippen LogP contribution in [0, 0.1) is 11.3 Å². The first-order valence-corrected chi connectivity index (χ1v) is 5.61. The summed E-state index contributed by atoms with van der Waals surface area (Å²) < 4.78 is 4.46. The lowest BCUT2D eigenvalue weighted by molar-refractivity contribution is -0.139. The van der Waals surface area contributed by atoms with Gasteiger partial charge in [0.2, 0.25) is 0 Å². The molecule has 0 radical (unpaired) electrons. The number of esters is 1. The summed E-state index contributed by atoms with van der Waals surface area (Å²) in [5.74, 6) is -0.357. The highest BCUT2D eigenvalue weighted by molar-refractivity contribution is 7.07. The highest BCUT2D eigenvalue weighted by Crippen LogP contribution is 2.10. The van der Waals surface area contributed by atoms with Crippen molar-refractivity contribution < 1.29 is 9.53 Å². The van der Waals surface area contributed by atoms with Crippen molar-refractivity contribution in [2.75, 3.05) is 13.7 Å². The molecular formula is C11H12N2O2S. The van der Waals surface area contributed by atoms with Crippen LogP contribution in [-0.2, 0) is 16.0 Å². The highest BCUT2D eigenvalue weighted by Gasteiger charge is 2.00. The smallest absolute Gasteiger partial charge is 0.325 e. The summed E-state index contributed by atoms with van der Waals surface area (Å²) in [5.41, 5.74) is 1.68. The number of nitrogens with one attached hydrogen (secondary N) is 1. The number of nitrogens with zero attached hydrogens (tertiary/aromatic N) is 1. The molecule has 0 atom stereocenters. The third-order valence-corrected chi connectivity index (χ3v) is 2.60. The van der Waals surface area contributed by atoms with Crippen molar-refractivity contribution in [3.05, 3.63) is 34.2 Å². The zero-order valence-corrected chi connectivity index (χ0v) is 9.71. The summed E-state index contributed by atoms with van der Waals surface area (Å²) in [6, 6.07) is 4.05. The van der Waals surface area contributed by atoms with Crippen LogP contribution >= 0.6 is 11.3 Å². The molecule has 0 bridgehead atoms. The van der Waals surface area contributed by atoms with E-state index in [0.29, 0.717) is 12.0 Å². The predicted octanol–water partition coefficient (Wildman–Crippen LogP) is 1.46. The molecule has 1 N–H and O–H groups in total. The van der Waals surface area contributed by atoms with Gasteiger partial charge in [0.05, 0.1) is 13.2 Å². The maximum absolute atomic E-state index is 10.8. The standard InChI is InChI=1S/C11H12N2O2S/c1-15-11(14)7-13-6-10(5-12)4-9-2-3-16-8-9/h2-3,6,8,13H,4,7H2,1H3/b10-6-. The molecule has 0 aliphatic rings. The van der Waals surface area contributed by atoms with Crippen LogP contribution in [0.15, 0.2) is 28.6 Å². The number of carbonyl (C=O) groups is 1. The number of hydrogen-bond donors (Lipinski definition) is 1. The van der Waals surface area contributed by atoms with E-state index in [1.165, 1.54) is 7.11 Å². The Balaban J connectivity index is 2.45. The Morgan fingerprint density at radius 1 is 1.75 bits per heavy atom. The van der Waals surface area contributed by atoms with Crippen LogP contribution in [-0.4, -0.2) is 19.6 Å². The Labute approximate surface area is 98.2 Å². The molecule has 0 fully saturated rings. The van der Waals surface area contributed by atoms with Gasteiger partial charge in [-0.05, 0) is 22.4 Å². The maximum Gasteiger partial charge on any atom is 0.325 e. The van der Waals surface area contributed by atoms with Crippen LogP contribution in [0.4, 0.5) is 0 Å². The zero-order chi connectivity index (χ0) is 11.8. The largest absolute Gasteiger partial charge is 0.468 e. The van der Waals surface area contributed by atoms with Crippen LogP contribution in [0.1, 0.15) is 5.56 Å². The monoisotopic (exact) mass is 236 g/mol. The maximum atomic E-state index is 10.8. The van der Waals surface area contributed by atoms with E-state index in [9.17, 15) is 4.79 Å². The van der Waals surface area contributed by atoms with Gasteiger partial charge in [-0.3, -0.25) is 4.79 Å². The van der Waals surface area contributed by atoms with Crippen LogP contribution in [0.25, 0.3) is 0 Å². The number of hydrogen-bond acceptors (Lipinski definition) is 5. The summed E-state index contributed by atoms with van der Waals surface area (Å²) >= 11 is 1.59. The van der Waals surface area contributed by atoms with E-state index in [-0.39, 0.29) is 12.5 Å². The first-order chi connectivity index (χ1) is 7.76. The molecule has 1 aromatic rings. The summed E-state index contributed by atoms with van der Waals surface area (Å²) in [6.07, 6.45) is 2.13. The molecule has 0 aromatic carbocycles. The van der Waals surface area contributed by atoms with Gasteiger partial charge in [-0.2, -0.15) is 16.6 Å². The SMILES string of the molecule is COC(=O)CN/C=C(\C#N)Cc1ccsc1. The normalized spacial score (nSPS) is 10.6. The van der Waals surface area contributed by atoms with Crippen LogP contribution in [0.5, 0.6) is 0 Å². The summed E-state index contributed by atoms with van der Waals surface area (Å²) in [4.78, 5) is 10.8. The van der Waals surface area contributed by atoms with Gasteiger partial charge in [0.1, 0.15) is 6.54 Å². The molecule has 5 heteroatoms. The average Bonchev–Trinajstić information content (AvgIpc) is 2.80. The van der Waals surface area contributed by atoms with E-state index in [0.717, 1.165) is 5.56 Å². The average molecular weight is 236 g/mol. The van der Waals surface area contributed by atoms with E-state index in [1.54, 1.807) is 17.5 Å². The second kappa shape index (κ2) is 6.64. The van der Waals surface area contributed by atoms with E-state index in [2.05, 4.69) is 16.1 Å². The van der Waals surface area contributed by atoms with Crippen molar-refractivity contribution in [3.8, 4) is 6.07 Å². The lowest BCUT2D eigenvalue weighted by Gasteiger charge is -2.00. The van der Waals surface area contributed by atoms with E-state index in [1.807, 2.05) is 16.8 Å². The molecule has 1 heterocycles. The molecule has 4 nitrogen and oxygen atoms in total. The van der Waals surface area contributed by atoms with Gasteiger partial charge in [-0.15, -0.1) is 0 Å². The Kier molecular flexibility index (Phi) is 5.09. The van der Waals surface area contributed by atoms with Crippen molar-refractivity contribution in [1.82, 2.24) is 5.32 Å². The second-order valence-corrected chi connectivity index (χ2v) is 3.83. The van der Waals surface area contributed by atoms with Crippen LogP contribution in [0.3, 0.4) is 0 Å². The fraction of sp³-hybridized carbons (Fsp3) is 0.273. The Bertz CT molecular complexity index is 404. The van der Waals surface area contributed by atoms with Crippen molar-refractivity contribution in [3.63, 3.8) is 0 Å². The minimum absolute atomic E-state index is 0.0747. The minimum atomic E-state index is -0.357. The Morgan fingerprint density at radius 2 is 2.56 bits per heavy atom. The molecule has 1 rings (SSSR count). The van der Waals surface area contributed by atoms with E-state index in [4.69, 9.17) is 5.26 Å². The lowest BCUT2D eigenvalue weighted by atomic mass is 10.1. The number of methoxy groups -OCH3 is 1. The number of ether oxygens (including phenoxy) is 1. The van der Waals surface area contributed by atoms with Gasteiger partial charge in [0.25, 0.3) is 0 Å². The second-order valence-electron chi connectivity index (χ2n) is 3.05. The first kappa shape index (κ1) is 12.3. The molecule has 1 aromatic heterocycles. The van der Waals surface area contributed by atoms with Crippen molar-refractivity contribution >= 4 is 17.3 Å². The topological polar surface area (TPSA) is 62.1 Å². The Hall–Kier alpha value is -1.80. The molecule has 0 saturated carbocycles. The number of nitriles is 1. The highest BCUT2D eigenvalue weighted by atomic mass is 32.1. The number of thiophene rings is 1. The van der Waals surface area contributed by atoms with Gasteiger partial charge in [0, 0.05) is 18.2 Å². The predicted molar refractivity (Wildman–Crippen MR) is 61.7 cm³/mol. The van der Waals surface area contributed by atoms with E-state index < -0.39 is 0 Å². The molecule has 0 saturated heterocycles. The number of carbonyl (C=O) groups excluding carboxylic acids is 1. The summed E-state index contributed by atoms with van der Waals surface area (Å²) in [7, 11) is 1.32.